The molecular weight excluding hydrogens is 481 g/mol. The van der Waals surface area contributed by atoms with Crippen LogP contribution < -0.4 is 4.90 Å². The molecule has 1 saturated carbocycles. The first-order chi connectivity index (χ1) is 18.8. The van der Waals surface area contributed by atoms with Crippen LogP contribution in [0.25, 0.3) is 28.1 Å². The van der Waals surface area contributed by atoms with Gasteiger partial charge in [0.2, 0.25) is 5.91 Å². The van der Waals surface area contributed by atoms with Crippen LogP contribution in [0, 0.1) is 11.7 Å². The van der Waals surface area contributed by atoms with Gasteiger partial charge in [0, 0.05) is 30.1 Å². The molecule has 5 rings (SSSR count). The topological polar surface area (TPSA) is 75.4 Å². The van der Waals surface area contributed by atoms with Gasteiger partial charge in [0.05, 0.1) is 19.6 Å². The summed E-state index contributed by atoms with van der Waals surface area (Å²) in [4.78, 5) is 26.1. The molecule has 7 heteroatoms. The number of nitrogens with zero attached hydrogens (tertiary/aromatic N) is 3. The van der Waals surface area contributed by atoms with Gasteiger partial charge in [-0.1, -0.05) is 49.6 Å². The zero-order chi connectivity index (χ0) is 27.5. The Bertz CT molecular complexity index is 1540. The van der Waals surface area contributed by atoms with Gasteiger partial charge in [-0.3, -0.25) is 9.48 Å². The van der Waals surface area contributed by atoms with Gasteiger partial charge in [0.15, 0.2) is 0 Å². The molecular formula is C31H30FN3O3. The fourth-order valence-corrected chi connectivity index (χ4v) is 5.06. The largest absolute Gasteiger partial charge is 0.478 e. The highest BCUT2D eigenvalue weighted by atomic mass is 19.1. The van der Waals surface area contributed by atoms with E-state index in [0.29, 0.717) is 11.1 Å². The third-order valence-corrected chi connectivity index (χ3v) is 7.06. The van der Waals surface area contributed by atoms with Crippen molar-refractivity contribution in [3.05, 3.63) is 89.9 Å². The molecule has 0 aliphatic heterocycles. The van der Waals surface area contributed by atoms with Gasteiger partial charge in [-0.15, -0.1) is 0 Å². The van der Waals surface area contributed by atoms with Crippen molar-refractivity contribution >= 4 is 34.5 Å². The second-order valence-corrected chi connectivity index (χ2v) is 9.75. The lowest BCUT2D eigenvalue weighted by atomic mass is 9.88. The highest BCUT2D eigenvalue weighted by Crippen LogP contribution is 2.31. The van der Waals surface area contributed by atoms with Crippen LogP contribution in [-0.4, -0.2) is 26.8 Å². The summed E-state index contributed by atoms with van der Waals surface area (Å²) in [7, 11) is 1.90. The van der Waals surface area contributed by atoms with Crippen molar-refractivity contribution < 1.29 is 20.5 Å². The molecule has 0 radical (unpaired) electrons. The predicted octanol–water partition coefficient (Wildman–Crippen LogP) is 6.59. The summed E-state index contributed by atoms with van der Waals surface area (Å²) in [5.41, 5.74) is 4.15. The predicted molar refractivity (Wildman–Crippen MR) is 147 cm³/mol. The van der Waals surface area contributed by atoms with E-state index < -0.39 is 18.3 Å². The standard InChI is InChI=1S/C31H30FN3O3/c1-34-29-13-12-25(17-26(29)19-33-34)23-10-7-21(8-11-23)20-35(31(38)24-5-3-2-4-6-24)28-16-22(9-14-30(36)37)15-27(32)18-28/h7-19,24H,2-6,20H2,1H3,(H,36,37)/b14-9+/i20D. The lowest BCUT2D eigenvalue weighted by molar-refractivity contribution is -0.131. The van der Waals surface area contributed by atoms with Crippen LogP contribution >= 0.6 is 0 Å². The third-order valence-electron chi connectivity index (χ3n) is 7.06. The molecule has 1 aromatic heterocycles. The summed E-state index contributed by atoms with van der Waals surface area (Å²) in [6.45, 7) is -1.10. The maximum Gasteiger partial charge on any atom is 0.328 e. The molecule has 0 spiro atoms. The number of amides is 1. The summed E-state index contributed by atoms with van der Waals surface area (Å²) >= 11 is 0. The Morgan fingerprint density at radius 3 is 2.55 bits per heavy atom. The lowest BCUT2D eigenvalue weighted by Crippen LogP contribution is -2.36. The van der Waals surface area contributed by atoms with Crippen LogP contribution in [0.2, 0.25) is 0 Å². The number of carbonyl (C=O) groups is 2. The van der Waals surface area contributed by atoms with E-state index in [1.54, 1.807) is 6.07 Å². The number of carbonyl (C=O) groups excluding carboxylic acids is 1. The zero-order valence-electron chi connectivity index (χ0n) is 22.2. The van der Waals surface area contributed by atoms with Gasteiger partial charge in [0.25, 0.3) is 0 Å². The van der Waals surface area contributed by atoms with Gasteiger partial charge in [-0.2, -0.15) is 5.10 Å². The third kappa shape index (κ3) is 5.67. The summed E-state index contributed by atoms with van der Waals surface area (Å²) in [5.74, 6) is -2.21. The Labute approximate surface area is 222 Å². The Balaban J connectivity index is 1.49. The molecule has 1 fully saturated rings. The maximum atomic E-state index is 14.7. The van der Waals surface area contributed by atoms with E-state index >= 15 is 0 Å². The summed E-state index contributed by atoms with van der Waals surface area (Å²) in [6.07, 6.45) is 8.46. The van der Waals surface area contributed by atoms with Crippen molar-refractivity contribution in [2.45, 2.75) is 38.6 Å². The highest BCUT2D eigenvalue weighted by molar-refractivity contribution is 5.95. The second kappa shape index (κ2) is 11.0. The molecule has 3 aromatic carbocycles. The normalized spacial score (nSPS) is 15.5. The monoisotopic (exact) mass is 512 g/mol. The van der Waals surface area contributed by atoms with Gasteiger partial charge >= 0.3 is 5.97 Å². The first-order valence-electron chi connectivity index (χ1n) is 13.4. The number of benzene rings is 3. The van der Waals surface area contributed by atoms with Crippen LogP contribution in [0.15, 0.2) is 72.9 Å². The van der Waals surface area contributed by atoms with Crippen LogP contribution in [-0.2, 0) is 23.2 Å². The molecule has 0 saturated heterocycles. The molecule has 1 aliphatic carbocycles. The van der Waals surface area contributed by atoms with Gasteiger partial charge in [-0.05, 0) is 71.5 Å². The van der Waals surface area contributed by atoms with Crippen molar-refractivity contribution in [3.63, 3.8) is 0 Å². The summed E-state index contributed by atoms with van der Waals surface area (Å²) in [6, 6.07) is 17.6. The van der Waals surface area contributed by atoms with Crippen LogP contribution in [0.3, 0.4) is 0 Å². The molecule has 1 atom stereocenters. The van der Waals surface area contributed by atoms with E-state index in [0.717, 1.165) is 60.2 Å². The molecule has 1 amide bonds. The van der Waals surface area contributed by atoms with Crippen molar-refractivity contribution in [2.75, 3.05) is 4.90 Å². The first-order valence-corrected chi connectivity index (χ1v) is 12.8. The molecule has 6 nitrogen and oxygen atoms in total. The Morgan fingerprint density at radius 1 is 1.08 bits per heavy atom. The van der Waals surface area contributed by atoms with Crippen LogP contribution in [0.5, 0.6) is 0 Å². The fourth-order valence-electron chi connectivity index (χ4n) is 5.06. The minimum absolute atomic E-state index is 0.209. The number of rotatable bonds is 7. The number of carboxylic acids is 1. The number of fused-ring (bicyclic) bond motifs is 1. The fraction of sp³-hybridized carbons (Fsp3) is 0.258. The van der Waals surface area contributed by atoms with Crippen LogP contribution in [0.4, 0.5) is 10.1 Å². The maximum absolute atomic E-state index is 14.7. The van der Waals surface area contributed by atoms with E-state index in [1.807, 2.05) is 54.3 Å². The van der Waals surface area contributed by atoms with E-state index in [1.165, 1.54) is 23.1 Å². The average Bonchev–Trinajstić information content (AvgIpc) is 3.32. The number of aromatic nitrogens is 2. The molecule has 38 heavy (non-hydrogen) atoms. The van der Waals surface area contributed by atoms with Crippen LogP contribution in [0.1, 0.15) is 44.6 Å². The van der Waals surface area contributed by atoms with Gasteiger partial charge < -0.3 is 10.0 Å². The van der Waals surface area contributed by atoms with E-state index in [9.17, 15) is 14.0 Å². The SMILES string of the molecule is [2H]C(c1ccc(-c2ccc3c(cnn3C)c2)cc1)N(C(=O)C1CCCCC1)c1cc(F)cc(/C=C/C(=O)O)c1. The first kappa shape index (κ1) is 24.1. The van der Waals surface area contributed by atoms with E-state index in [-0.39, 0.29) is 17.5 Å². The molecule has 1 N–H and O–H groups in total. The Hall–Kier alpha value is -4.26. The highest BCUT2D eigenvalue weighted by Gasteiger charge is 2.27. The minimum atomic E-state index is -1.16. The number of anilines is 1. The second-order valence-electron chi connectivity index (χ2n) is 9.75. The molecule has 1 unspecified atom stereocenters. The number of hydrogen-bond acceptors (Lipinski definition) is 3. The van der Waals surface area contributed by atoms with E-state index in [4.69, 9.17) is 6.48 Å². The zero-order valence-corrected chi connectivity index (χ0v) is 21.2. The van der Waals surface area contributed by atoms with E-state index in [2.05, 4.69) is 11.2 Å². The van der Waals surface area contributed by atoms with Crippen molar-refractivity contribution in [1.82, 2.24) is 9.78 Å². The summed E-state index contributed by atoms with van der Waals surface area (Å²) in [5, 5.41) is 14.3. The quantitative estimate of drug-likeness (QED) is 0.284. The number of carboxylic acid groups (broad SMARTS) is 1. The summed E-state index contributed by atoms with van der Waals surface area (Å²) < 4.78 is 25.6. The minimum Gasteiger partial charge on any atom is -0.478 e. The Kier molecular flexibility index (Phi) is 6.98. The molecule has 4 aromatic rings. The number of aliphatic carboxylic acids is 1. The van der Waals surface area contributed by atoms with Crippen molar-refractivity contribution in [2.24, 2.45) is 13.0 Å². The molecule has 1 aliphatic rings. The molecule has 194 valence electrons. The smallest absolute Gasteiger partial charge is 0.328 e. The molecule has 0 bridgehead atoms. The average molecular weight is 513 g/mol. The van der Waals surface area contributed by atoms with Gasteiger partial charge in [0.1, 0.15) is 5.82 Å². The number of hydrogen-bond donors (Lipinski definition) is 1. The van der Waals surface area contributed by atoms with Crippen molar-refractivity contribution in [3.8, 4) is 11.1 Å². The van der Waals surface area contributed by atoms with Gasteiger partial charge in [-0.25, -0.2) is 9.18 Å². The van der Waals surface area contributed by atoms with Crippen molar-refractivity contribution in [1.29, 1.82) is 0 Å². The number of halogens is 1. The number of aryl methyl sites for hydroxylation is 1. The molecule has 1 heterocycles. The lowest BCUT2D eigenvalue weighted by Gasteiger charge is -2.30. The Morgan fingerprint density at radius 2 is 1.82 bits per heavy atom.